The summed E-state index contributed by atoms with van der Waals surface area (Å²) in [5, 5.41) is 4.60. The number of ether oxygens (including phenoxy) is 1. The Bertz CT molecular complexity index is 539. The number of likely N-dealkylation sites (tertiary alicyclic amines) is 1. The van der Waals surface area contributed by atoms with E-state index < -0.39 is 0 Å². The highest BCUT2D eigenvalue weighted by molar-refractivity contribution is 14.0. The van der Waals surface area contributed by atoms with Gasteiger partial charge in [-0.3, -0.25) is 9.89 Å². The van der Waals surface area contributed by atoms with Crippen molar-refractivity contribution in [3.05, 3.63) is 15.6 Å². The zero-order chi connectivity index (χ0) is 16.2. The average molecular weight is 465 g/mol. The van der Waals surface area contributed by atoms with Gasteiger partial charge in [-0.05, 0) is 20.3 Å². The maximum atomic E-state index is 5.46. The Morgan fingerprint density at radius 3 is 2.71 bits per heavy atom. The molecule has 3 rings (SSSR count). The number of nitrogens with zero attached hydrogens (tertiary/aromatic N) is 4. The molecule has 0 aliphatic carbocycles. The molecule has 2 aliphatic heterocycles. The Kier molecular flexibility index (Phi) is 7.70. The van der Waals surface area contributed by atoms with Crippen LogP contribution >= 0.6 is 35.3 Å². The number of morpholine rings is 1. The van der Waals surface area contributed by atoms with Gasteiger partial charge in [0.1, 0.15) is 5.01 Å². The summed E-state index contributed by atoms with van der Waals surface area (Å²) in [5.74, 6) is 0.992. The summed E-state index contributed by atoms with van der Waals surface area (Å²) in [5.41, 5.74) is 1.13. The minimum Gasteiger partial charge on any atom is -0.379 e. The van der Waals surface area contributed by atoms with E-state index in [1.165, 1.54) is 11.3 Å². The van der Waals surface area contributed by atoms with Gasteiger partial charge in [-0.15, -0.1) is 35.3 Å². The SMILES string of the molecule is CN=C(NCc1nc(C)c(C)s1)N1CCC(N2CCOCC2)C1.I. The van der Waals surface area contributed by atoms with Gasteiger partial charge in [-0.1, -0.05) is 0 Å². The standard InChI is InChI=1S/C16H27N5OS.HI/c1-12-13(2)23-15(19-12)10-18-16(17-3)21-5-4-14(11-21)20-6-8-22-9-7-20;/h14H,4-11H2,1-3H3,(H,17,18);1H. The van der Waals surface area contributed by atoms with Crippen LogP contribution in [-0.2, 0) is 11.3 Å². The molecule has 0 aromatic carbocycles. The molecule has 0 amide bonds. The number of aliphatic imine (C=N–C) groups is 1. The molecule has 1 atom stereocenters. The molecule has 0 bridgehead atoms. The molecule has 6 nitrogen and oxygen atoms in total. The van der Waals surface area contributed by atoms with Crippen molar-refractivity contribution in [1.82, 2.24) is 20.1 Å². The molecule has 2 fully saturated rings. The smallest absolute Gasteiger partial charge is 0.194 e. The quantitative estimate of drug-likeness (QED) is 0.420. The van der Waals surface area contributed by atoms with E-state index >= 15 is 0 Å². The van der Waals surface area contributed by atoms with Gasteiger partial charge in [-0.25, -0.2) is 4.98 Å². The summed E-state index contributed by atoms with van der Waals surface area (Å²) in [6.07, 6.45) is 1.20. The molecule has 0 radical (unpaired) electrons. The Balaban J connectivity index is 0.00000208. The van der Waals surface area contributed by atoms with Crippen molar-refractivity contribution in [3.63, 3.8) is 0 Å². The molecule has 2 saturated heterocycles. The molecule has 0 spiro atoms. The van der Waals surface area contributed by atoms with Crippen LogP contribution in [0.1, 0.15) is 22.0 Å². The maximum absolute atomic E-state index is 5.46. The van der Waals surface area contributed by atoms with Crippen molar-refractivity contribution < 1.29 is 4.74 Å². The molecule has 8 heteroatoms. The Labute approximate surface area is 165 Å². The van der Waals surface area contributed by atoms with Crippen molar-refractivity contribution in [1.29, 1.82) is 0 Å². The summed E-state index contributed by atoms with van der Waals surface area (Å²) >= 11 is 1.76. The minimum absolute atomic E-state index is 0. The first-order valence-electron chi connectivity index (χ1n) is 8.37. The fourth-order valence-corrected chi connectivity index (χ4v) is 4.15. The molecule has 136 valence electrons. The Morgan fingerprint density at radius 1 is 1.33 bits per heavy atom. The van der Waals surface area contributed by atoms with E-state index in [0.29, 0.717) is 6.04 Å². The van der Waals surface area contributed by atoms with E-state index in [4.69, 9.17) is 4.74 Å². The maximum Gasteiger partial charge on any atom is 0.194 e. The van der Waals surface area contributed by atoms with Crippen LogP contribution < -0.4 is 5.32 Å². The summed E-state index contributed by atoms with van der Waals surface area (Å²) in [6, 6.07) is 0.627. The topological polar surface area (TPSA) is 53.0 Å². The monoisotopic (exact) mass is 465 g/mol. The van der Waals surface area contributed by atoms with Crippen molar-refractivity contribution in [2.75, 3.05) is 46.4 Å². The van der Waals surface area contributed by atoms with E-state index in [1.54, 1.807) is 11.3 Å². The summed E-state index contributed by atoms with van der Waals surface area (Å²) in [7, 11) is 1.86. The predicted molar refractivity (Wildman–Crippen MR) is 110 cm³/mol. The fraction of sp³-hybridized carbons (Fsp3) is 0.750. The third-order valence-electron chi connectivity index (χ3n) is 4.71. The van der Waals surface area contributed by atoms with Gasteiger partial charge < -0.3 is 15.0 Å². The second-order valence-corrected chi connectivity index (χ2v) is 7.47. The van der Waals surface area contributed by atoms with Gasteiger partial charge in [0, 0.05) is 44.1 Å². The van der Waals surface area contributed by atoms with Crippen LogP contribution in [0.25, 0.3) is 0 Å². The van der Waals surface area contributed by atoms with Crippen LogP contribution in [0.2, 0.25) is 0 Å². The number of rotatable bonds is 3. The zero-order valence-electron chi connectivity index (χ0n) is 14.7. The van der Waals surface area contributed by atoms with Crippen LogP contribution in [0.5, 0.6) is 0 Å². The number of aryl methyl sites for hydroxylation is 2. The van der Waals surface area contributed by atoms with Crippen molar-refractivity contribution in [2.45, 2.75) is 32.9 Å². The summed E-state index contributed by atoms with van der Waals surface area (Å²) in [6.45, 7) is 10.9. The number of nitrogens with one attached hydrogen (secondary N) is 1. The molecular weight excluding hydrogens is 437 g/mol. The molecule has 1 N–H and O–H groups in total. The lowest BCUT2D eigenvalue weighted by Crippen LogP contribution is -2.46. The molecule has 1 aromatic rings. The van der Waals surface area contributed by atoms with E-state index in [1.807, 2.05) is 7.05 Å². The highest BCUT2D eigenvalue weighted by Crippen LogP contribution is 2.18. The lowest BCUT2D eigenvalue weighted by molar-refractivity contribution is 0.0195. The van der Waals surface area contributed by atoms with Crippen molar-refractivity contribution in [2.24, 2.45) is 4.99 Å². The number of thiazole rings is 1. The van der Waals surface area contributed by atoms with E-state index in [-0.39, 0.29) is 24.0 Å². The van der Waals surface area contributed by atoms with Crippen LogP contribution in [-0.4, -0.2) is 73.2 Å². The Hall–Kier alpha value is -0.450. The largest absolute Gasteiger partial charge is 0.379 e. The van der Waals surface area contributed by atoms with Crippen molar-refractivity contribution >= 4 is 41.3 Å². The van der Waals surface area contributed by atoms with Crippen molar-refractivity contribution in [3.8, 4) is 0 Å². The molecule has 0 saturated carbocycles. The lowest BCUT2D eigenvalue weighted by atomic mass is 10.2. The highest BCUT2D eigenvalue weighted by Gasteiger charge is 2.30. The summed E-state index contributed by atoms with van der Waals surface area (Å²) in [4.78, 5) is 15.3. The van der Waals surface area contributed by atoms with Crippen LogP contribution in [0.15, 0.2) is 4.99 Å². The first-order valence-corrected chi connectivity index (χ1v) is 9.19. The first-order chi connectivity index (χ1) is 11.2. The first kappa shape index (κ1) is 19.9. The molecule has 1 aromatic heterocycles. The van der Waals surface area contributed by atoms with Crippen LogP contribution in [0.4, 0.5) is 0 Å². The van der Waals surface area contributed by atoms with Crippen LogP contribution in [0, 0.1) is 13.8 Å². The second-order valence-electron chi connectivity index (χ2n) is 6.19. The molecule has 2 aliphatic rings. The number of hydrogen-bond acceptors (Lipinski definition) is 5. The Morgan fingerprint density at radius 2 is 2.08 bits per heavy atom. The minimum atomic E-state index is 0. The number of hydrogen-bond donors (Lipinski definition) is 1. The van der Waals surface area contributed by atoms with E-state index in [2.05, 4.69) is 38.9 Å². The van der Waals surface area contributed by atoms with E-state index in [0.717, 1.165) is 62.6 Å². The van der Waals surface area contributed by atoms with Gasteiger partial charge in [0.15, 0.2) is 5.96 Å². The molecular formula is C16H28IN5OS. The average Bonchev–Trinajstić information content (AvgIpc) is 3.17. The third kappa shape index (κ3) is 4.80. The molecule has 1 unspecified atom stereocenters. The summed E-state index contributed by atoms with van der Waals surface area (Å²) < 4.78 is 5.46. The number of guanidine groups is 1. The normalized spacial score (nSPS) is 22.5. The fourth-order valence-electron chi connectivity index (χ4n) is 3.28. The molecule has 3 heterocycles. The van der Waals surface area contributed by atoms with Crippen LogP contribution in [0.3, 0.4) is 0 Å². The predicted octanol–water partition coefficient (Wildman–Crippen LogP) is 1.86. The lowest BCUT2D eigenvalue weighted by Gasteiger charge is -2.32. The van der Waals surface area contributed by atoms with Gasteiger partial charge in [0.2, 0.25) is 0 Å². The highest BCUT2D eigenvalue weighted by atomic mass is 127. The van der Waals surface area contributed by atoms with Gasteiger partial charge in [0.25, 0.3) is 0 Å². The second kappa shape index (κ2) is 9.30. The van der Waals surface area contributed by atoms with Gasteiger partial charge in [0.05, 0.1) is 25.5 Å². The number of aromatic nitrogens is 1. The van der Waals surface area contributed by atoms with Gasteiger partial charge >= 0.3 is 0 Å². The van der Waals surface area contributed by atoms with Gasteiger partial charge in [-0.2, -0.15) is 0 Å². The molecule has 24 heavy (non-hydrogen) atoms. The van der Waals surface area contributed by atoms with E-state index in [9.17, 15) is 0 Å². The number of halogens is 1. The zero-order valence-corrected chi connectivity index (χ0v) is 17.9. The third-order valence-corrected chi connectivity index (χ3v) is 5.78.